The van der Waals surface area contributed by atoms with Crippen LogP contribution < -0.4 is 0 Å². The summed E-state index contributed by atoms with van der Waals surface area (Å²) in [5, 5.41) is 3.93. The van der Waals surface area contributed by atoms with Gasteiger partial charge in [-0.15, -0.1) is 22.7 Å². The molecule has 0 fully saturated rings. The van der Waals surface area contributed by atoms with Crippen LogP contribution in [0.25, 0.3) is 11.4 Å². The maximum absolute atomic E-state index is 13.8. The van der Waals surface area contributed by atoms with E-state index in [9.17, 15) is 14.1 Å². The van der Waals surface area contributed by atoms with Crippen LogP contribution in [0.4, 0.5) is 0 Å². The third-order valence-electron chi connectivity index (χ3n) is 5.69. The number of nitrogens with zero attached hydrogens (tertiary/aromatic N) is 2. The summed E-state index contributed by atoms with van der Waals surface area (Å²) in [5.74, 6) is 0.241. The molecule has 2 aromatic heterocycles. The summed E-state index contributed by atoms with van der Waals surface area (Å²) >= 11 is 4.82. The lowest BCUT2D eigenvalue weighted by Crippen LogP contribution is -2.31. The summed E-state index contributed by atoms with van der Waals surface area (Å²) in [6.07, 6.45) is 8.20. The average molecular weight is 555 g/mol. The molecule has 1 unspecified atom stereocenters. The SMILES string of the molecule is CCCCN1C(=O)C2=C(c3cccs3)N(CCCS(C)(O)OC)C(=O)C2=C1c1cccs1.CSC. The molecule has 0 spiro atoms. The first-order valence-electron chi connectivity index (χ1n) is 11.5. The molecule has 0 aromatic carbocycles. The van der Waals surface area contributed by atoms with Gasteiger partial charge in [0.2, 0.25) is 0 Å². The molecule has 2 aliphatic rings. The highest BCUT2D eigenvalue weighted by molar-refractivity contribution is 8.24. The normalized spacial score (nSPS) is 18.1. The lowest BCUT2D eigenvalue weighted by Gasteiger charge is -2.32. The van der Waals surface area contributed by atoms with Gasteiger partial charge in [0.1, 0.15) is 0 Å². The topological polar surface area (TPSA) is 70.1 Å². The molecular weight excluding hydrogens is 521 g/mol. The van der Waals surface area contributed by atoms with Crippen LogP contribution in [-0.4, -0.2) is 70.9 Å². The molecule has 4 heterocycles. The van der Waals surface area contributed by atoms with Crippen molar-refractivity contribution in [3.63, 3.8) is 0 Å². The van der Waals surface area contributed by atoms with Gasteiger partial charge in [-0.2, -0.15) is 22.4 Å². The zero-order valence-corrected chi connectivity index (χ0v) is 24.2. The Morgan fingerprint density at radius 1 is 0.943 bits per heavy atom. The van der Waals surface area contributed by atoms with Crippen molar-refractivity contribution >= 4 is 68.2 Å². The van der Waals surface area contributed by atoms with Gasteiger partial charge in [-0.3, -0.25) is 18.3 Å². The summed E-state index contributed by atoms with van der Waals surface area (Å²) in [7, 11) is -0.630. The van der Waals surface area contributed by atoms with Crippen LogP contribution in [0.5, 0.6) is 0 Å². The summed E-state index contributed by atoms with van der Waals surface area (Å²) in [6.45, 7) is 3.12. The Morgan fingerprint density at radius 3 is 1.77 bits per heavy atom. The first-order chi connectivity index (χ1) is 16.8. The largest absolute Gasteiger partial charge is 0.306 e. The van der Waals surface area contributed by atoms with Gasteiger partial charge in [-0.25, -0.2) is 0 Å². The zero-order valence-electron chi connectivity index (χ0n) is 20.9. The molecule has 6 nitrogen and oxygen atoms in total. The molecule has 35 heavy (non-hydrogen) atoms. The molecule has 0 saturated heterocycles. The summed E-state index contributed by atoms with van der Waals surface area (Å²) in [5.41, 5.74) is 2.47. The van der Waals surface area contributed by atoms with Crippen LogP contribution in [0.15, 0.2) is 46.2 Å². The average Bonchev–Trinajstić information content (AvgIpc) is 3.62. The van der Waals surface area contributed by atoms with Crippen LogP contribution >= 0.6 is 45.0 Å². The number of thioether (sulfide) groups is 1. The van der Waals surface area contributed by atoms with Crippen LogP contribution in [0.3, 0.4) is 0 Å². The second kappa shape index (κ2) is 12.6. The number of fused-ring (bicyclic) bond motifs is 1. The lowest BCUT2D eigenvalue weighted by molar-refractivity contribution is -0.124. The van der Waals surface area contributed by atoms with Crippen molar-refractivity contribution in [2.75, 3.05) is 44.7 Å². The van der Waals surface area contributed by atoms with E-state index in [1.807, 2.05) is 47.5 Å². The summed E-state index contributed by atoms with van der Waals surface area (Å²) < 4.78 is 15.5. The van der Waals surface area contributed by atoms with Gasteiger partial charge >= 0.3 is 0 Å². The minimum absolute atomic E-state index is 0.0920. The van der Waals surface area contributed by atoms with Gasteiger partial charge < -0.3 is 9.80 Å². The molecule has 192 valence electrons. The number of carbonyl (C=O) groups excluding carboxylic acids is 2. The number of amides is 2. The van der Waals surface area contributed by atoms with Crippen molar-refractivity contribution in [3.05, 3.63) is 55.9 Å². The van der Waals surface area contributed by atoms with Gasteiger partial charge in [-0.05, 0) is 48.2 Å². The maximum Gasteiger partial charge on any atom is 0.261 e. The fourth-order valence-corrected chi connectivity index (χ4v) is 6.45. The minimum atomic E-state index is -2.13. The Kier molecular flexibility index (Phi) is 10.1. The molecule has 1 N–H and O–H groups in total. The fraction of sp³-hybridized carbons (Fsp3) is 0.440. The Labute approximate surface area is 222 Å². The Hall–Kier alpha value is -1.56. The van der Waals surface area contributed by atoms with Crippen LogP contribution in [0, 0.1) is 0 Å². The van der Waals surface area contributed by atoms with E-state index in [0.29, 0.717) is 42.1 Å². The minimum Gasteiger partial charge on any atom is -0.306 e. The van der Waals surface area contributed by atoms with Crippen molar-refractivity contribution in [1.29, 1.82) is 0 Å². The van der Waals surface area contributed by atoms with Crippen molar-refractivity contribution in [1.82, 2.24) is 9.80 Å². The van der Waals surface area contributed by atoms with Gasteiger partial charge in [0, 0.05) is 25.1 Å². The molecule has 0 saturated carbocycles. The lowest BCUT2D eigenvalue weighted by atomic mass is 10.1. The van der Waals surface area contributed by atoms with Crippen LogP contribution in [0.2, 0.25) is 0 Å². The van der Waals surface area contributed by atoms with E-state index >= 15 is 0 Å². The standard InChI is InChI=1S/C23H28N2O4S3.C2H6S/c1-4-5-11-24-20(16-9-6-13-30-16)18-19(22(24)26)21(17-10-7-14-31-17)25(23(18)27)12-8-15-32(3,28)29-2;1-3-2/h6-7,9-10,13-14,28H,4-5,8,11-12,15H2,1-3H3;1-2H3. The Balaban J connectivity index is 0.00000108. The first-order valence-corrected chi connectivity index (χ1v) is 16.9. The van der Waals surface area contributed by atoms with Gasteiger partial charge in [0.05, 0.1) is 39.4 Å². The van der Waals surface area contributed by atoms with Gasteiger partial charge in [-0.1, -0.05) is 25.5 Å². The van der Waals surface area contributed by atoms with E-state index in [-0.39, 0.29) is 11.8 Å². The highest BCUT2D eigenvalue weighted by atomic mass is 32.3. The molecule has 2 amide bonds. The molecule has 0 bridgehead atoms. The number of unbranched alkanes of at least 4 members (excludes halogenated alkanes) is 1. The zero-order chi connectivity index (χ0) is 25.6. The molecule has 1 atom stereocenters. The van der Waals surface area contributed by atoms with Crippen molar-refractivity contribution in [2.45, 2.75) is 26.2 Å². The third-order valence-corrected chi connectivity index (χ3v) is 9.21. The quantitative estimate of drug-likeness (QED) is 0.376. The van der Waals surface area contributed by atoms with Crippen molar-refractivity contribution in [3.8, 4) is 0 Å². The number of carbonyl (C=O) groups is 2. The first kappa shape index (κ1) is 28.0. The maximum atomic E-state index is 13.8. The van der Waals surface area contributed by atoms with E-state index in [2.05, 4.69) is 6.92 Å². The molecule has 4 rings (SSSR count). The van der Waals surface area contributed by atoms with Crippen molar-refractivity contribution in [2.24, 2.45) is 0 Å². The number of hydrogen-bond donors (Lipinski definition) is 1. The number of rotatable bonds is 10. The second-order valence-corrected chi connectivity index (χ2v) is 13.6. The monoisotopic (exact) mass is 554 g/mol. The predicted octanol–water partition coefficient (Wildman–Crippen LogP) is 6.25. The molecule has 10 heteroatoms. The molecular formula is C25H34N2O4S4. The van der Waals surface area contributed by atoms with Gasteiger partial charge in [0.25, 0.3) is 11.8 Å². The van der Waals surface area contributed by atoms with Crippen molar-refractivity contribution < 1.29 is 18.3 Å². The highest BCUT2D eigenvalue weighted by Crippen LogP contribution is 2.48. The van der Waals surface area contributed by atoms with Gasteiger partial charge in [0.15, 0.2) is 0 Å². The fourth-order valence-electron chi connectivity index (χ4n) is 4.05. The predicted molar refractivity (Wildman–Crippen MR) is 153 cm³/mol. The van der Waals surface area contributed by atoms with E-state index in [1.54, 1.807) is 39.2 Å². The van der Waals surface area contributed by atoms with Crippen LogP contribution in [0.1, 0.15) is 35.9 Å². The highest BCUT2D eigenvalue weighted by Gasteiger charge is 2.48. The second-order valence-electron chi connectivity index (χ2n) is 8.26. The summed E-state index contributed by atoms with van der Waals surface area (Å²) in [4.78, 5) is 32.8. The Morgan fingerprint density at radius 2 is 1.40 bits per heavy atom. The third kappa shape index (κ3) is 6.06. The molecule has 2 aromatic rings. The van der Waals surface area contributed by atoms with E-state index in [4.69, 9.17) is 4.18 Å². The number of thiophene rings is 2. The van der Waals surface area contributed by atoms with E-state index < -0.39 is 10.6 Å². The Bertz CT molecular complexity index is 1080. The molecule has 2 aliphatic heterocycles. The van der Waals surface area contributed by atoms with E-state index in [0.717, 1.165) is 28.3 Å². The smallest absolute Gasteiger partial charge is 0.261 e. The van der Waals surface area contributed by atoms with E-state index in [1.165, 1.54) is 18.4 Å². The number of hydrogen-bond acceptors (Lipinski definition) is 7. The van der Waals surface area contributed by atoms with Crippen LogP contribution in [-0.2, 0) is 13.8 Å². The molecule has 0 aliphatic carbocycles. The summed E-state index contributed by atoms with van der Waals surface area (Å²) in [6, 6.07) is 7.82. The molecule has 0 radical (unpaired) electrons.